The summed E-state index contributed by atoms with van der Waals surface area (Å²) in [6.07, 6.45) is -5.82. The van der Waals surface area contributed by atoms with Gasteiger partial charge in [0.15, 0.2) is 0 Å². The van der Waals surface area contributed by atoms with E-state index in [-0.39, 0.29) is 18.0 Å². The Morgan fingerprint density at radius 1 is 1.07 bits per heavy atom. The highest BCUT2D eigenvalue weighted by Gasteiger charge is 2.51. The van der Waals surface area contributed by atoms with E-state index in [4.69, 9.17) is 0 Å². The molecule has 162 valence electrons. The first-order valence-corrected chi connectivity index (χ1v) is 9.04. The lowest BCUT2D eigenvalue weighted by atomic mass is 9.97. The number of likely N-dealkylation sites (N-methyl/N-ethyl adjacent to an activating group) is 1. The molecule has 13 heteroatoms. The third-order valence-electron chi connectivity index (χ3n) is 5.60. The second kappa shape index (κ2) is 6.84. The number of alkyl halides is 6. The smallest absolute Gasteiger partial charge is 0.341 e. The molecule has 1 amide bonds. The Morgan fingerprint density at radius 3 is 2.33 bits per heavy atom. The molecule has 1 aliphatic heterocycles. The summed E-state index contributed by atoms with van der Waals surface area (Å²) < 4.78 is 80.8. The molecule has 2 aromatic heterocycles. The molecule has 2 aliphatic rings. The molecule has 0 N–H and O–H groups in total. The average Bonchev–Trinajstić information content (AvgIpc) is 3.41. The minimum atomic E-state index is -5.06. The van der Waals surface area contributed by atoms with E-state index in [0.29, 0.717) is 25.3 Å². The van der Waals surface area contributed by atoms with E-state index in [2.05, 4.69) is 15.2 Å². The van der Waals surface area contributed by atoms with Gasteiger partial charge >= 0.3 is 12.4 Å². The molecule has 4 rings (SSSR count). The zero-order chi connectivity index (χ0) is 21.8. The maximum atomic E-state index is 13.3. The van der Waals surface area contributed by atoms with Crippen LogP contribution in [0.4, 0.5) is 32.2 Å². The van der Waals surface area contributed by atoms with Crippen molar-refractivity contribution in [3.63, 3.8) is 0 Å². The number of fused-ring (bicyclic) bond motifs is 2. The molecule has 0 unspecified atom stereocenters. The molecule has 7 nitrogen and oxygen atoms in total. The summed E-state index contributed by atoms with van der Waals surface area (Å²) in [6, 6.07) is -0.740. The number of piperidine rings is 1. The van der Waals surface area contributed by atoms with Gasteiger partial charge in [0.2, 0.25) is 0 Å². The van der Waals surface area contributed by atoms with Crippen LogP contribution in [0.1, 0.15) is 30.5 Å². The van der Waals surface area contributed by atoms with Crippen molar-refractivity contribution in [2.75, 3.05) is 17.0 Å². The number of amides is 1. The highest BCUT2D eigenvalue weighted by Crippen LogP contribution is 2.46. The molecule has 0 aromatic carbocycles. The van der Waals surface area contributed by atoms with Gasteiger partial charge in [-0.1, -0.05) is 0 Å². The van der Waals surface area contributed by atoms with Crippen molar-refractivity contribution in [3.8, 4) is 0 Å². The van der Waals surface area contributed by atoms with Crippen LogP contribution in [0.25, 0.3) is 0 Å². The lowest BCUT2D eigenvalue weighted by molar-refractivity contribution is -0.145. The summed E-state index contributed by atoms with van der Waals surface area (Å²) in [6.45, 7) is 0. The number of aromatic nitrogens is 4. The van der Waals surface area contributed by atoms with E-state index in [1.807, 2.05) is 0 Å². The van der Waals surface area contributed by atoms with Crippen molar-refractivity contribution in [1.29, 1.82) is 0 Å². The monoisotopic (exact) mass is 434 g/mol. The average molecular weight is 434 g/mol. The summed E-state index contributed by atoms with van der Waals surface area (Å²) in [5.41, 5.74) is -3.10. The van der Waals surface area contributed by atoms with Crippen molar-refractivity contribution >= 4 is 11.7 Å². The van der Waals surface area contributed by atoms with Gasteiger partial charge in [0, 0.05) is 13.1 Å². The maximum Gasteiger partial charge on any atom is 0.433 e. The second-order valence-corrected chi connectivity index (χ2v) is 7.38. The molecule has 2 bridgehead atoms. The summed E-state index contributed by atoms with van der Waals surface area (Å²) in [7, 11) is 1.43. The number of rotatable bonds is 3. The first-order chi connectivity index (χ1) is 14.0. The Kier molecular flexibility index (Phi) is 4.66. The predicted octanol–water partition coefficient (Wildman–Crippen LogP) is 2.86. The van der Waals surface area contributed by atoms with Gasteiger partial charge in [0.25, 0.3) is 5.91 Å². The van der Waals surface area contributed by atoms with E-state index in [9.17, 15) is 31.1 Å². The van der Waals surface area contributed by atoms with Crippen molar-refractivity contribution in [2.45, 2.75) is 43.7 Å². The summed E-state index contributed by atoms with van der Waals surface area (Å²) in [5, 5.41) is 8.37. The van der Waals surface area contributed by atoms with Crippen LogP contribution in [0.2, 0.25) is 0 Å². The number of halogens is 6. The molecule has 0 radical (unpaired) electrons. The van der Waals surface area contributed by atoms with Crippen molar-refractivity contribution < 1.29 is 31.1 Å². The molecule has 1 aliphatic carbocycles. The van der Waals surface area contributed by atoms with Gasteiger partial charge < -0.3 is 4.90 Å². The SMILES string of the molecule is CN(C(=O)[C@@H]1[C@H]2CC[C@H](C2)N1c1cc(C(F)(F)F)cc(C(F)(F)F)n1)n1cnnc1. The molecule has 1 saturated heterocycles. The fourth-order valence-corrected chi connectivity index (χ4v) is 4.25. The van der Waals surface area contributed by atoms with Crippen molar-refractivity contribution in [3.05, 3.63) is 36.0 Å². The second-order valence-electron chi connectivity index (χ2n) is 7.38. The normalized spacial score (nSPS) is 23.8. The molecular formula is C17H16F6N6O. The van der Waals surface area contributed by atoms with Crippen LogP contribution in [0, 0.1) is 5.92 Å². The molecule has 3 heterocycles. The standard InChI is InChI=1S/C17H16F6N6O/c1-27(28-7-24-25-8-28)15(30)14-9-2-3-11(4-9)29(14)13-6-10(16(18,19)20)5-12(26-13)17(21,22)23/h5-9,11,14H,2-4H2,1H3/t9-,11+,14-/m0/s1. The molecule has 0 spiro atoms. The fourth-order valence-electron chi connectivity index (χ4n) is 4.25. The highest BCUT2D eigenvalue weighted by atomic mass is 19.4. The predicted molar refractivity (Wildman–Crippen MR) is 90.8 cm³/mol. The van der Waals surface area contributed by atoms with E-state index < -0.39 is 41.4 Å². The highest BCUT2D eigenvalue weighted by molar-refractivity contribution is 5.94. The minimum absolute atomic E-state index is 0.0159. The van der Waals surface area contributed by atoms with Crippen LogP contribution in [-0.2, 0) is 17.1 Å². The first-order valence-electron chi connectivity index (χ1n) is 9.04. The van der Waals surface area contributed by atoms with Gasteiger partial charge in [0.05, 0.1) is 5.56 Å². The van der Waals surface area contributed by atoms with Crippen molar-refractivity contribution in [1.82, 2.24) is 19.9 Å². The van der Waals surface area contributed by atoms with Crippen LogP contribution < -0.4 is 9.91 Å². The van der Waals surface area contributed by atoms with Crippen LogP contribution in [0.3, 0.4) is 0 Å². The Bertz CT molecular complexity index is 911. The first kappa shape index (κ1) is 20.4. The summed E-state index contributed by atoms with van der Waals surface area (Å²) in [5.74, 6) is -1.19. The maximum absolute atomic E-state index is 13.3. The number of hydrogen-bond donors (Lipinski definition) is 0. The van der Waals surface area contributed by atoms with E-state index in [1.54, 1.807) is 0 Å². The molecular weight excluding hydrogens is 418 g/mol. The Hall–Kier alpha value is -2.86. The molecule has 30 heavy (non-hydrogen) atoms. The van der Waals surface area contributed by atoms with Crippen LogP contribution in [0.5, 0.6) is 0 Å². The number of carbonyl (C=O) groups excluding carboxylic acids is 1. The largest absolute Gasteiger partial charge is 0.433 e. The van der Waals surface area contributed by atoms with E-state index in [0.717, 1.165) is 0 Å². The molecule has 2 fully saturated rings. The van der Waals surface area contributed by atoms with Gasteiger partial charge in [-0.3, -0.25) is 4.79 Å². The Morgan fingerprint density at radius 2 is 1.73 bits per heavy atom. The zero-order valence-electron chi connectivity index (χ0n) is 15.5. The Labute approximate surface area is 166 Å². The lowest BCUT2D eigenvalue weighted by Gasteiger charge is -2.37. The van der Waals surface area contributed by atoms with Gasteiger partial charge in [-0.05, 0) is 37.3 Å². The number of nitrogens with zero attached hydrogens (tertiary/aromatic N) is 6. The lowest BCUT2D eigenvalue weighted by Crippen LogP contribution is -2.54. The number of carbonyl (C=O) groups is 1. The van der Waals surface area contributed by atoms with Crippen LogP contribution in [-0.4, -0.2) is 44.9 Å². The number of hydrogen-bond acceptors (Lipinski definition) is 5. The zero-order valence-corrected chi connectivity index (χ0v) is 15.5. The summed E-state index contributed by atoms with van der Waals surface area (Å²) >= 11 is 0. The van der Waals surface area contributed by atoms with Crippen LogP contribution >= 0.6 is 0 Å². The Balaban J connectivity index is 1.77. The van der Waals surface area contributed by atoms with Gasteiger partial charge in [0.1, 0.15) is 30.2 Å². The third kappa shape index (κ3) is 3.45. The molecule has 3 atom stereocenters. The fraction of sp³-hybridized carbons (Fsp3) is 0.529. The summed E-state index contributed by atoms with van der Waals surface area (Å²) in [4.78, 5) is 17.9. The van der Waals surface area contributed by atoms with Crippen LogP contribution in [0.15, 0.2) is 24.8 Å². The third-order valence-corrected chi connectivity index (χ3v) is 5.60. The van der Waals surface area contributed by atoms with Crippen molar-refractivity contribution in [2.24, 2.45) is 5.92 Å². The topological polar surface area (TPSA) is 67.2 Å². The molecule has 2 aromatic rings. The van der Waals surface area contributed by atoms with Gasteiger partial charge in [-0.2, -0.15) is 26.3 Å². The molecule has 1 saturated carbocycles. The van der Waals surface area contributed by atoms with E-state index >= 15 is 0 Å². The van der Waals surface area contributed by atoms with Gasteiger partial charge in [-0.15, -0.1) is 10.2 Å². The number of anilines is 1. The van der Waals surface area contributed by atoms with E-state index in [1.165, 1.54) is 34.3 Å². The minimum Gasteiger partial charge on any atom is -0.341 e. The van der Waals surface area contributed by atoms with Gasteiger partial charge in [-0.25, -0.2) is 14.7 Å². The quantitative estimate of drug-likeness (QED) is 0.696. The number of pyridine rings is 1.